The lowest BCUT2D eigenvalue weighted by Crippen LogP contribution is -2.37. The van der Waals surface area contributed by atoms with Crippen LogP contribution in [0.25, 0.3) is 0 Å². The summed E-state index contributed by atoms with van der Waals surface area (Å²) in [6.45, 7) is 24.7. The van der Waals surface area contributed by atoms with Crippen molar-refractivity contribution in [1.82, 2.24) is 4.90 Å². The first kappa shape index (κ1) is 29.1. The third-order valence-corrected chi connectivity index (χ3v) is 5.77. The highest BCUT2D eigenvalue weighted by Crippen LogP contribution is 2.34. The lowest BCUT2D eigenvalue weighted by Gasteiger charge is -2.29. The van der Waals surface area contributed by atoms with Crippen LogP contribution in [0.4, 0.5) is 10.1 Å². The van der Waals surface area contributed by atoms with Gasteiger partial charge in [-0.25, -0.2) is 9.38 Å². The first-order chi connectivity index (χ1) is 15.9. The van der Waals surface area contributed by atoms with Crippen LogP contribution in [-0.2, 0) is 10.5 Å². The van der Waals surface area contributed by atoms with Gasteiger partial charge in [0.2, 0.25) is 0 Å². The standard InChI is InChI=1S/C29H42FN3O/c1-10-18-31-28(33(20-21(3)4)19-12-13-23(7)27(34)11-2)24(8)32-26-16-14-25(15-17-26)29(9,30)22(5)6/h10-11,14-18,21-22,32H,2,7-8,12-13,19-20H2,1,3-6,9H3/b18-10-,31-28?. The maximum atomic E-state index is 15.0. The molecular weight excluding hydrogens is 425 g/mol. The minimum Gasteiger partial charge on any atom is -0.355 e. The summed E-state index contributed by atoms with van der Waals surface area (Å²) >= 11 is 0. The molecule has 4 nitrogen and oxygen atoms in total. The Kier molecular flexibility index (Phi) is 11.7. The van der Waals surface area contributed by atoms with E-state index in [4.69, 9.17) is 0 Å². The van der Waals surface area contributed by atoms with Gasteiger partial charge in [-0.3, -0.25) is 4.79 Å². The van der Waals surface area contributed by atoms with Crippen molar-refractivity contribution in [3.8, 4) is 0 Å². The summed E-state index contributed by atoms with van der Waals surface area (Å²) in [6.07, 6.45) is 6.27. The van der Waals surface area contributed by atoms with Gasteiger partial charge in [-0.15, -0.1) is 0 Å². The predicted molar refractivity (Wildman–Crippen MR) is 145 cm³/mol. The van der Waals surface area contributed by atoms with Gasteiger partial charge < -0.3 is 10.2 Å². The summed E-state index contributed by atoms with van der Waals surface area (Å²) in [7, 11) is 0. The molecule has 1 N–H and O–H groups in total. The number of carbonyl (C=O) groups is 1. The minimum absolute atomic E-state index is 0.116. The largest absolute Gasteiger partial charge is 0.355 e. The summed E-state index contributed by atoms with van der Waals surface area (Å²) < 4.78 is 15.0. The number of amidine groups is 1. The highest BCUT2D eigenvalue weighted by Gasteiger charge is 2.29. The predicted octanol–water partition coefficient (Wildman–Crippen LogP) is 7.43. The molecule has 0 saturated heterocycles. The zero-order valence-electron chi connectivity index (χ0n) is 21.8. The Morgan fingerprint density at radius 1 is 1.21 bits per heavy atom. The van der Waals surface area contributed by atoms with E-state index < -0.39 is 5.67 Å². The van der Waals surface area contributed by atoms with Crippen LogP contribution in [0, 0.1) is 11.8 Å². The first-order valence-electron chi connectivity index (χ1n) is 12.0. The van der Waals surface area contributed by atoms with Crippen LogP contribution in [0.3, 0.4) is 0 Å². The van der Waals surface area contributed by atoms with Crippen molar-refractivity contribution < 1.29 is 9.18 Å². The number of alkyl halides is 1. The molecule has 0 spiro atoms. The van der Waals surface area contributed by atoms with E-state index in [9.17, 15) is 9.18 Å². The summed E-state index contributed by atoms with van der Waals surface area (Å²) in [6, 6.07) is 7.36. The number of aliphatic imine (C=N–C) groups is 1. The van der Waals surface area contributed by atoms with E-state index in [-0.39, 0.29) is 11.7 Å². The fourth-order valence-corrected chi connectivity index (χ4v) is 3.41. The van der Waals surface area contributed by atoms with Crippen LogP contribution in [-0.4, -0.2) is 29.6 Å². The SMILES string of the molecule is C=CC(=O)C(=C)CCCN(CC(C)C)C(=N/C=C\C)C(=C)Nc1ccc(C(C)(F)C(C)C)cc1. The quantitative estimate of drug-likeness (QED) is 0.176. The average Bonchev–Trinajstić information content (AvgIpc) is 2.78. The second-order valence-electron chi connectivity index (χ2n) is 9.46. The molecule has 0 bridgehead atoms. The number of hydrogen-bond donors (Lipinski definition) is 1. The van der Waals surface area contributed by atoms with Gasteiger partial charge in [0.1, 0.15) is 5.67 Å². The zero-order chi connectivity index (χ0) is 25.9. The number of allylic oxidation sites excluding steroid dienone is 3. The fourth-order valence-electron chi connectivity index (χ4n) is 3.41. The van der Waals surface area contributed by atoms with Crippen LogP contribution in [0.15, 0.2) is 78.6 Å². The number of nitrogens with one attached hydrogen (secondary N) is 1. The minimum atomic E-state index is -1.39. The highest BCUT2D eigenvalue weighted by atomic mass is 19.1. The summed E-state index contributed by atoms with van der Waals surface area (Å²) in [5, 5.41) is 3.33. The lowest BCUT2D eigenvalue weighted by molar-refractivity contribution is -0.111. The van der Waals surface area contributed by atoms with Gasteiger partial charge >= 0.3 is 0 Å². The first-order valence-corrected chi connectivity index (χ1v) is 12.0. The molecule has 5 heteroatoms. The Balaban J connectivity index is 3.06. The molecule has 0 amide bonds. The average molecular weight is 468 g/mol. The van der Waals surface area contributed by atoms with Gasteiger partial charge in [-0.2, -0.15) is 0 Å². The summed E-state index contributed by atoms with van der Waals surface area (Å²) in [5.74, 6) is 0.895. The summed E-state index contributed by atoms with van der Waals surface area (Å²) in [5.41, 5.74) is 1.29. The monoisotopic (exact) mass is 467 g/mol. The van der Waals surface area contributed by atoms with Gasteiger partial charge in [0.05, 0.1) is 5.70 Å². The lowest BCUT2D eigenvalue weighted by atomic mass is 9.87. The normalized spacial score (nSPS) is 13.7. The van der Waals surface area contributed by atoms with E-state index in [0.29, 0.717) is 35.7 Å². The van der Waals surface area contributed by atoms with E-state index in [1.807, 2.05) is 51.1 Å². The van der Waals surface area contributed by atoms with E-state index in [2.05, 4.69) is 48.8 Å². The molecular formula is C29H42FN3O. The molecule has 0 heterocycles. The number of ketones is 1. The molecule has 186 valence electrons. The molecule has 0 aliphatic heterocycles. The van der Waals surface area contributed by atoms with Crippen molar-refractivity contribution >= 4 is 17.3 Å². The molecule has 0 radical (unpaired) electrons. The number of halogens is 1. The van der Waals surface area contributed by atoms with Gasteiger partial charge in [0, 0.05) is 25.0 Å². The number of benzene rings is 1. The van der Waals surface area contributed by atoms with Crippen molar-refractivity contribution in [2.24, 2.45) is 16.8 Å². The van der Waals surface area contributed by atoms with Crippen molar-refractivity contribution in [1.29, 1.82) is 0 Å². The Morgan fingerprint density at radius 3 is 2.32 bits per heavy atom. The summed E-state index contributed by atoms with van der Waals surface area (Å²) in [4.78, 5) is 18.6. The molecule has 1 unspecified atom stereocenters. The molecule has 34 heavy (non-hydrogen) atoms. The third kappa shape index (κ3) is 8.77. The molecule has 1 atom stereocenters. The van der Waals surface area contributed by atoms with Gasteiger partial charge in [-0.1, -0.05) is 65.6 Å². The third-order valence-electron chi connectivity index (χ3n) is 5.77. The van der Waals surface area contributed by atoms with Crippen LogP contribution in [0.5, 0.6) is 0 Å². The van der Waals surface area contributed by atoms with E-state index >= 15 is 0 Å². The molecule has 1 aromatic rings. The Bertz CT molecular complexity index is 908. The molecule has 0 aliphatic rings. The topological polar surface area (TPSA) is 44.7 Å². The van der Waals surface area contributed by atoms with Crippen LogP contribution in [0.1, 0.15) is 59.9 Å². The molecule has 0 saturated carbocycles. The second-order valence-corrected chi connectivity index (χ2v) is 9.46. The van der Waals surface area contributed by atoms with Crippen molar-refractivity contribution in [3.05, 3.63) is 79.2 Å². The number of rotatable bonds is 14. The van der Waals surface area contributed by atoms with Crippen molar-refractivity contribution in [3.63, 3.8) is 0 Å². The van der Waals surface area contributed by atoms with Gasteiger partial charge in [0.15, 0.2) is 11.6 Å². The maximum absolute atomic E-state index is 15.0. The Morgan fingerprint density at radius 2 is 1.82 bits per heavy atom. The molecule has 1 rings (SSSR count). The molecule has 0 aromatic heterocycles. The van der Waals surface area contributed by atoms with E-state index in [0.717, 1.165) is 24.5 Å². The van der Waals surface area contributed by atoms with Gasteiger partial charge in [0.25, 0.3) is 0 Å². The number of anilines is 1. The van der Waals surface area contributed by atoms with Crippen LogP contribution < -0.4 is 5.32 Å². The fraction of sp³-hybridized carbons (Fsp3) is 0.448. The maximum Gasteiger partial charge on any atom is 0.180 e. The number of hydrogen-bond acceptors (Lipinski definition) is 3. The molecule has 1 aromatic carbocycles. The highest BCUT2D eigenvalue weighted by molar-refractivity contribution is 6.03. The van der Waals surface area contributed by atoms with Crippen LogP contribution >= 0.6 is 0 Å². The van der Waals surface area contributed by atoms with Gasteiger partial charge in [-0.05, 0) is 67.9 Å². The van der Waals surface area contributed by atoms with E-state index in [1.54, 1.807) is 13.1 Å². The number of nitrogens with zero attached hydrogens (tertiary/aromatic N) is 2. The van der Waals surface area contributed by atoms with Crippen molar-refractivity contribution in [2.45, 2.75) is 60.1 Å². The molecule has 0 fully saturated rings. The van der Waals surface area contributed by atoms with E-state index in [1.165, 1.54) is 6.08 Å². The number of carbonyl (C=O) groups excluding carboxylic acids is 1. The van der Waals surface area contributed by atoms with Crippen LogP contribution in [0.2, 0.25) is 0 Å². The zero-order valence-corrected chi connectivity index (χ0v) is 21.8. The van der Waals surface area contributed by atoms with Crippen molar-refractivity contribution in [2.75, 3.05) is 18.4 Å². The second kappa shape index (κ2) is 13.7. The Labute approximate surface area is 206 Å². The smallest absolute Gasteiger partial charge is 0.180 e. The Hall–Kier alpha value is -2.95. The molecule has 0 aliphatic carbocycles.